The van der Waals surface area contributed by atoms with E-state index in [9.17, 15) is 14.4 Å². The Labute approximate surface area is 125 Å². The van der Waals surface area contributed by atoms with Crippen molar-refractivity contribution in [3.63, 3.8) is 0 Å². The van der Waals surface area contributed by atoms with Gasteiger partial charge in [0.25, 0.3) is 0 Å². The van der Waals surface area contributed by atoms with Crippen LogP contribution >= 0.6 is 0 Å². The van der Waals surface area contributed by atoms with Gasteiger partial charge in [-0.05, 0) is 32.6 Å². The van der Waals surface area contributed by atoms with Crippen molar-refractivity contribution >= 4 is 17.8 Å². The quantitative estimate of drug-likeness (QED) is 0.622. The molecule has 0 spiro atoms. The summed E-state index contributed by atoms with van der Waals surface area (Å²) in [5.41, 5.74) is 0. The third-order valence-corrected chi connectivity index (χ3v) is 4.22. The van der Waals surface area contributed by atoms with E-state index in [0.29, 0.717) is 13.0 Å². The van der Waals surface area contributed by atoms with Crippen LogP contribution in [0.25, 0.3) is 0 Å². The van der Waals surface area contributed by atoms with Crippen LogP contribution in [0.15, 0.2) is 0 Å². The number of hydrogen-bond donors (Lipinski definition) is 1. The van der Waals surface area contributed by atoms with Crippen LogP contribution in [0.3, 0.4) is 0 Å². The number of likely N-dealkylation sites (tertiary alicyclic amines) is 1. The van der Waals surface area contributed by atoms with Gasteiger partial charge in [-0.15, -0.1) is 0 Å². The maximum Gasteiger partial charge on any atom is 0.397 e. The van der Waals surface area contributed by atoms with Crippen molar-refractivity contribution in [3.8, 4) is 0 Å². The molecule has 1 saturated carbocycles. The number of hydrogen-bond acceptors (Lipinski definition) is 4. The number of nitrogens with one attached hydrogen (secondary N) is 1. The summed E-state index contributed by atoms with van der Waals surface area (Å²) in [5.74, 6) is -1.69. The smallest absolute Gasteiger partial charge is 0.397 e. The maximum atomic E-state index is 12.4. The average Bonchev–Trinajstić information content (AvgIpc) is 2.97. The number of rotatable bonds is 3. The second-order valence-electron chi connectivity index (χ2n) is 5.72. The van der Waals surface area contributed by atoms with E-state index in [-0.39, 0.29) is 18.6 Å². The van der Waals surface area contributed by atoms with Gasteiger partial charge in [0.2, 0.25) is 5.91 Å². The lowest BCUT2D eigenvalue weighted by atomic mass is 9.95. The summed E-state index contributed by atoms with van der Waals surface area (Å²) in [4.78, 5) is 37.3. The predicted octanol–water partition coefficient (Wildman–Crippen LogP) is 0.989. The minimum absolute atomic E-state index is 0.128. The molecule has 1 N–H and O–H groups in total. The molecule has 2 amide bonds. The Bertz CT molecular complexity index is 404. The Hall–Kier alpha value is -1.59. The lowest BCUT2D eigenvalue weighted by molar-refractivity contribution is -0.161. The second kappa shape index (κ2) is 7.43. The van der Waals surface area contributed by atoms with Gasteiger partial charge in [-0.1, -0.05) is 19.3 Å². The standard InChI is InChI=1S/C15H24N2O4/c1-2-21-15(20)14(19)17-10-6-9-12(17)13(18)16-11-7-4-3-5-8-11/h11-12H,2-10H2,1H3,(H,16,18)/t12-/m0/s1. The van der Waals surface area contributed by atoms with Crippen LogP contribution in [-0.2, 0) is 19.1 Å². The highest BCUT2D eigenvalue weighted by Crippen LogP contribution is 2.21. The fourth-order valence-corrected chi connectivity index (χ4v) is 3.14. The molecule has 6 heteroatoms. The van der Waals surface area contributed by atoms with E-state index in [4.69, 9.17) is 4.74 Å². The van der Waals surface area contributed by atoms with Crippen LogP contribution < -0.4 is 5.32 Å². The highest BCUT2D eigenvalue weighted by Gasteiger charge is 2.38. The van der Waals surface area contributed by atoms with Gasteiger partial charge in [-0.3, -0.25) is 9.59 Å². The summed E-state index contributed by atoms with van der Waals surface area (Å²) in [6.45, 7) is 2.26. The van der Waals surface area contributed by atoms with Crippen molar-refractivity contribution in [1.29, 1.82) is 0 Å². The van der Waals surface area contributed by atoms with Gasteiger partial charge >= 0.3 is 11.9 Å². The number of esters is 1. The Balaban J connectivity index is 1.92. The average molecular weight is 296 g/mol. The van der Waals surface area contributed by atoms with E-state index < -0.39 is 17.9 Å². The van der Waals surface area contributed by atoms with E-state index in [1.807, 2.05) is 0 Å². The third kappa shape index (κ3) is 3.95. The molecule has 1 heterocycles. The number of carbonyl (C=O) groups excluding carboxylic acids is 3. The summed E-state index contributed by atoms with van der Waals surface area (Å²) in [6, 6.07) is -0.310. The van der Waals surface area contributed by atoms with Crippen molar-refractivity contribution in [2.45, 2.75) is 64.0 Å². The molecule has 1 aliphatic carbocycles. The summed E-state index contributed by atoms with van der Waals surface area (Å²) in [7, 11) is 0. The monoisotopic (exact) mass is 296 g/mol. The van der Waals surface area contributed by atoms with Crippen molar-refractivity contribution in [2.24, 2.45) is 0 Å². The Morgan fingerprint density at radius 1 is 1.10 bits per heavy atom. The number of carbonyl (C=O) groups is 3. The highest BCUT2D eigenvalue weighted by atomic mass is 16.5. The minimum atomic E-state index is -0.866. The Morgan fingerprint density at radius 3 is 2.48 bits per heavy atom. The van der Waals surface area contributed by atoms with E-state index in [2.05, 4.69) is 5.32 Å². The molecule has 1 saturated heterocycles. The summed E-state index contributed by atoms with van der Waals surface area (Å²) >= 11 is 0. The highest BCUT2D eigenvalue weighted by molar-refractivity contribution is 6.32. The first kappa shape index (κ1) is 15.8. The summed E-state index contributed by atoms with van der Waals surface area (Å²) in [5, 5.41) is 3.03. The Kier molecular flexibility index (Phi) is 5.59. The van der Waals surface area contributed by atoms with Gasteiger partial charge in [0.15, 0.2) is 0 Å². The van der Waals surface area contributed by atoms with Gasteiger partial charge in [0.1, 0.15) is 6.04 Å². The van der Waals surface area contributed by atoms with Crippen LogP contribution in [-0.4, -0.2) is 47.9 Å². The topological polar surface area (TPSA) is 75.7 Å². The van der Waals surface area contributed by atoms with E-state index >= 15 is 0 Å². The molecule has 2 rings (SSSR count). The molecule has 0 aromatic heterocycles. The van der Waals surface area contributed by atoms with Crippen LogP contribution in [0.5, 0.6) is 0 Å². The van der Waals surface area contributed by atoms with E-state index in [1.165, 1.54) is 11.3 Å². The first-order chi connectivity index (χ1) is 10.1. The number of amides is 2. The molecule has 0 unspecified atom stereocenters. The molecule has 118 valence electrons. The third-order valence-electron chi connectivity index (χ3n) is 4.22. The molecular formula is C15H24N2O4. The molecule has 1 aliphatic heterocycles. The first-order valence-electron chi connectivity index (χ1n) is 7.91. The number of nitrogens with zero attached hydrogens (tertiary/aromatic N) is 1. The predicted molar refractivity (Wildman–Crippen MR) is 76.4 cm³/mol. The molecule has 21 heavy (non-hydrogen) atoms. The largest absolute Gasteiger partial charge is 0.459 e. The molecule has 1 atom stereocenters. The SMILES string of the molecule is CCOC(=O)C(=O)N1CCC[C@H]1C(=O)NC1CCCCC1. The van der Waals surface area contributed by atoms with Crippen molar-refractivity contribution in [1.82, 2.24) is 10.2 Å². The second-order valence-corrected chi connectivity index (χ2v) is 5.72. The summed E-state index contributed by atoms with van der Waals surface area (Å²) < 4.78 is 4.73. The molecule has 0 aromatic rings. The van der Waals surface area contributed by atoms with Crippen LogP contribution in [0.1, 0.15) is 51.9 Å². The van der Waals surface area contributed by atoms with Crippen molar-refractivity contribution < 1.29 is 19.1 Å². The van der Waals surface area contributed by atoms with Gasteiger partial charge in [0.05, 0.1) is 6.61 Å². The molecule has 0 radical (unpaired) electrons. The normalized spacial score (nSPS) is 22.9. The molecular weight excluding hydrogens is 272 g/mol. The Morgan fingerprint density at radius 2 is 1.81 bits per heavy atom. The fraction of sp³-hybridized carbons (Fsp3) is 0.800. The van der Waals surface area contributed by atoms with Gasteiger partial charge in [-0.25, -0.2) is 4.79 Å². The van der Waals surface area contributed by atoms with Gasteiger partial charge in [-0.2, -0.15) is 0 Å². The van der Waals surface area contributed by atoms with Crippen LogP contribution in [0.2, 0.25) is 0 Å². The zero-order valence-electron chi connectivity index (χ0n) is 12.6. The maximum absolute atomic E-state index is 12.4. The molecule has 0 bridgehead atoms. The summed E-state index contributed by atoms with van der Waals surface area (Å²) in [6.07, 6.45) is 6.87. The molecule has 6 nitrogen and oxygen atoms in total. The zero-order chi connectivity index (χ0) is 15.2. The van der Waals surface area contributed by atoms with Gasteiger partial charge in [0, 0.05) is 12.6 Å². The minimum Gasteiger partial charge on any atom is -0.459 e. The van der Waals surface area contributed by atoms with Crippen LogP contribution in [0, 0.1) is 0 Å². The lowest BCUT2D eigenvalue weighted by Crippen LogP contribution is -2.50. The molecule has 2 fully saturated rings. The lowest BCUT2D eigenvalue weighted by Gasteiger charge is -2.27. The first-order valence-corrected chi connectivity index (χ1v) is 7.91. The van der Waals surface area contributed by atoms with Crippen molar-refractivity contribution in [3.05, 3.63) is 0 Å². The fourth-order valence-electron chi connectivity index (χ4n) is 3.14. The van der Waals surface area contributed by atoms with E-state index in [0.717, 1.165) is 32.1 Å². The van der Waals surface area contributed by atoms with Crippen molar-refractivity contribution in [2.75, 3.05) is 13.2 Å². The van der Waals surface area contributed by atoms with E-state index in [1.54, 1.807) is 6.92 Å². The molecule has 2 aliphatic rings. The van der Waals surface area contributed by atoms with Crippen LogP contribution in [0.4, 0.5) is 0 Å². The molecule has 0 aromatic carbocycles. The van der Waals surface area contributed by atoms with Gasteiger partial charge < -0.3 is 15.0 Å². The zero-order valence-corrected chi connectivity index (χ0v) is 12.6. The number of ether oxygens (including phenoxy) is 1.